The van der Waals surface area contributed by atoms with Crippen molar-refractivity contribution in [2.45, 2.75) is 59.0 Å². The molecule has 0 aromatic carbocycles. The number of aliphatic hydroxyl groups excluding tert-OH is 1. The fourth-order valence-corrected chi connectivity index (χ4v) is 2.47. The monoisotopic (exact) mass is 270 g/mol. The smallest absolute Gasteiger partial charge is 0.220 e. The normalized spacial score (nSPS) is 19.0. The van der Waals surface area contributed by atoms with E-state index in [9.17, 15) is 9.90 Å². The van der Waals surface area contributed by atoms with Gasteiger partial charge in [0, 0.05) is 13.0 Å². The predicted octanol–water partition coefficient (Wildman–Crippen LogP) is 1.66. The van der Waals surface area contributed by atoms with Gasteiger partial charge in [-0.3, -0.25) is 4.79 Å². The van der Waals surface area contributed by atoms with Crippen LogP contribution in [0.4, 0.5) is 0 Å². The number of carbonyl (C=O) groups excluding carboxylic acids is 1. The summed E-state index contributed by atoms with van der Waals surface area (Å²) < 4.78 is 0. The van der Waals surface area contributed by atoms with E-state index >= 15 is 0 Å². The highest BCUT2D eigenvalue weighted by atomic mass is 16.3. The minimum Gasteiger partial charge on any atom is -0.391 e. The van der Waals surface area contributed by atoms with Crippen LogP contribution < -0.4 is 11.1 Å². The van der Waals surface area contributed by atoms with E-state index in [0.29, 0.717) is 31.3 Å². The molecule has 0 aromatic rings. The first-order valence-electron chi connectivity index (χ1n) is 7.49. The third-order valence-corrected chi connectivity index (χ3v) is 4.13. The summed E-state index contributed by atoms with van der Waals surface area (Å²) in [6, 6.07) is 0. The van der Waals surface area contributed by atoms with Gasteiger partial charge in [-0.2, -0.15) is 0 Å². The number of rotatable bonds is 8. The Morgan fingerprint density at radius 1 is 1.37 bits per heavy atom. The van der Waals surface area contributed by atoms with Gasteiger partial charge in [0.1, 0.15) is 0 Å². The lowest BCUT2D eigenvalue weighted by molar-refractivity contribution is -0.122. The van der Waals surface area contributed by atoms with E-state index in [1.807, 2.05) is 0 Å². The fraction of sp³-hybridized carbons (Fsp3) is 0.933. The van der Waals surface area contributed by atoms with E-state index in [1.165, 1.54) is 0 Å². The van der Waals surface area contributed by atoms with Crippen LogP contribution in [-0.2, 0) is 4.79 Å². The molecular formula is C15H30N2O2. The van der Waals surface area contributed by atoms with Gasteiger partial charge in [0.2, 0.25) is 5.91 Å². The van der Waals surface area contributed by atoms with Gasteiger partial charge in [0.15, 0.2) is 0 Å². The summed E-state index contributed by atoms with van der Waals surface area (Å²) in [5, 5.41) is 12.5. The Bertz CT molecular complexity index is 282. The molecule has 0 bridgehead atoms. The van der Waals surface area contributed by atoms with Gasteiger partial charge in [-0.1, -0.05) is 20.8 Å². The molecule has 1 fully saturated rings. The van der Waals surface area contributed by atoms with Crippen LogP contribution in [0.25, 0.3) is 0 Å². The van der Waals surface area contributed by atoms with Crippen LogP contribution >= 0.6 is 0 Å². The van der Waals surface area contributed by atoms with Crippen molar-refractivity contribution in [1.29, 1.82) is 0 Å². The van der Waals surface area contributed by atoms with Gasteiger partial charge >= 0.3 is 0 Å². The van der Waals surface area contributed by atoms with Crippen molar-refractivity contribution in [2.75, 3.05) is 13.1 Å². The highest BCUT2D eigenvalue weighted by Gasteiger charge is 2.30. The van der Waals surface area contributed by atoms with Crippen LogP contribution in [-0.4, -0.2) is 30.2 Å². The van der Waals surface area contributed by atoms with Crippen molar-refractivity contribution in [3.8, 4) is 0 Å². The minimum absolute atomic E-state index is 0.0472. The molecule has 112 valence electrons. The molecule has 2 atom stereocenters. The second-order valence-corrected chi connectivity index (χ2v) is 6.89. The van der Waals surface area contributed by atoms with Gasteiger partial charge in [0.25, 0.3) is 0 Å². The third kappa shape index (κ3) is 6.39. The van der Waals surface area contributed by atoms with Gasteiger partial charge in [-0.05, 0) is 49.5 Å². The summed E-state index contributed by atoms with van der Waals surface area (Å²) in [7, 11) is 0. The summed E-state index contributed by atoms with van der Waals surface area (Å²) in [6.07, 6.45) is 4.19. The van der Waals surface area contributed by atoms with E-state index in [0.717, 1.165) is 25.7 Å². The maximum absolute atomic E-state index is 11.8. The molecule has 4 N–H and O–H groups in total. The molecule has 1 aliphatic rings. The molecule has 4 heteroatoms. The molecule has 19 heavy (non-hydrogen) atoms. The molecule has 0 aliphatic heterocycles. The summed E-state index contributed by atoms with van der Waals surface area (Å²) >= 11 is 0. The van der Waals surface area contributed by atoms with E-state index < -0.39 is 0 Å². The van der Waals surface area contributed by atoms with Crippen molar-refractivity contribution >= 4 is 5.91 Å². The highest BCUT2D eigenvalue weighted by Crippen LogP contribution is 2.33. The summed E-state index contributed by atoms with van der Waals surface area (Å²) in [4.78, 5) is 11.8. The second kappa shape index (κ2) is 7.25. The van der Waals surface area contributed by atoms with Crippen LogP contribution in [0.5, 0.6) is 0 Å². The zero-order chi connectivity index (χ0) is 14.5. The van der Waals surface area contributed by atoms with Crippen LogP contribution in [0.15, 0.2) is 0 Å². The maximum atomic E-state index is 11.8. The number of amides is 1. The topological polar surface area (TPSA) is 75.4 Å². The minimum atomic E-state index is -0.355. The molecular weight excluding hydrogens is 240 g/mol. The molecule has 4 nitrogen and oxygen atoms in total. The van der Waals surface area contributed by atoms with Crippen molar-refractivity contribution in [1.82, 2.24) is 5.32 Å². The highest BCUT2D eigenvalue weighted by molar-refractivity contribution is 5.75. The average Bonchev–Trinajstić information content (AvgIpc) is 3.13. The molecule has 0 radical (unpaired) electrons. The van der Waals surface area contributed by atoms with E-state index in [1.54, 1.807) is 0 Å². The molecule has 1 saturated carbocycles. The Morgan fingerprint density at radius 3 is 2.47 bits per heavy atom. The molecule has 0 heterocycles. The van der Waals surface area contributed by atoms with Crippen LogP contribution in [0.3, 0.4) is 0 Å². The van der Waals surface area contributed by atoms with Gasteiger partial charge in [-0.25, -0.2) is 0 Å². The lowest BCUT2D eigenvalue weighted by atomic mass is 9.76. The van der Waals surface area contributed by atoms with Crippen LogP contribution in [0, 0.1) is 17.3 Å². The quantitative estimate of drug-likeness (QED) is 0.628. The van der Waals surface area contributed by atoms with E-state index in [4.69, 9.17) is 5.73 Å². The molecule has 1 aliphatic carbocycles. The van der Waals surface area contributed by atoms with Gasteiger partial charge in [-0.15, -0.1) is 0 Å². The Kier molecular flexibility index (Phi) is 6.27. The molecule has 0 saturated heterocycles. The second-order valence-electron chi connectivity index (χ2n) is 6.89. The molecule has 1 rings (SSSR count). The Labute approximate surface area is 117 Å². The van der Waals surface area contributed by atoms with Gasteiger partial charge in [0.05, 0.1) is 6.10 Å². The number of carbonyl (C=O) groups is 1. The van der Waals surface area contributed by atoms with Crippen molar-refractivity contribution in [3.05, 3.63) is 0 Å². The summed E-state index contributed by atoms with van der Waals surface area (Å²) in [6.45, 7) is 7.66. The zero-order valence-corrected chi connectivity index (χ0v) is 12.6. The lowest BCUT2D eigenvalue weighted by Crippen LogP contribution is -2.34. The van der Waals surface area contributed by atoms with Crippen molar-refractivity contribution in [2.24, 2.45) is 23.0 Å². The van der Waals surface area contributed by atoms with Crippen LogP contribution in [0.2, 0.25) is 0 Å². The van der Waals surface area contributed by atoms with Crippen molar-refractivity contribution in [3.63, 3.8) is 0 Å². The van der Waals surface area contributed by atoms with Gasteiger partial charge < -0.3 is 16.2 Å². The number of aliphatic hydroxyl groups is 1. The first-order valence-corrected chi connectivity index (χ1v) is 7.49. The lowest BCUT2D eigenvalue weighted by Gasteiger charge is -2.30. The fourth-order valence-electron chi connectivity index (χ4n) is 2.47. The standard InChI is InChI=1S/C15H30N2O2/c1-15(2,3)12(8-9-16)6-7-14(19)17-10-13(18)11-4-5-11/h11-13,18H,4-10,16H2,1-3H3,(H,17,19). The summed E-state index contributed by atoms with van der Waals surface area (Å²) in [5.41, 5.74) is 5.83. The zero-order valence-electron chi connectivity index (χ0n) is 12.6. The number of nitrogens with one attached hydrogen (secondary N) is 1. The Hall–Kier alpha value is -0.610. The van der Waals surface area contributed by atoms with Crippen LogP contribution in [0.1, 0.15) is 52.9 Å². The maximum Gasteiger partial charge on any atom is 0.220 e. The number of hydrogen-bond acceptors (Lipinski definition) is 3. The first kappa shape index (κ1) is 16.4. The first-order chi connectivity index (χ1) is 8.84. The summed E-state index contributed by atoms with van der Waals surface area (Å²) in [5.74, 6) is 0.933. The molecule has 0 spiro atoms. The number of hydrogen-bond donors (Lipinski definition) is 3. The van der Waals surface area contributed by atoms with E-state index in [2.05, 4.69) is 26.1 Å². The predicted molar refractivity (Wildman–Crippen MR) is 77.6 cm³/mol. The number of nitrogens with two attached hydrogens (primary N) is 1. The largest absolute Gasteiger partial charge is 0.391 e. The Morgan fingerprint density at radius 2 is 2.00 bits per heavy atom. The SMILES string of the molecule is CC(C)(C)C(CCN)CCC(=O)NCC(O)C1CC1. The molecule has 1 amide bonds. The third-order valence-electron chi connectivity index (χ3n) is 4.13. The molecule has 0 aromatic heterocycles. The van der Waals surface area contributed by atoms with Crippen molar-refractivity contribution < 1.29 is 9.90 Å². The Balaban J connectivity index is 2.22. The average molecular weight is 270 g/mol. The van der Waals surface area contributed by atoms with E-state index in [-0.39, 0.29) is 17.4 Å². The molecule has 2 unspecified atom stereocenters.